The summed E-state index contributed by atoms with van der Waals surface area (Å²) in [6.07, 6.45) is 7.11. The van der Waals surface area contributed by atoms with E-state index in [-0.39, 0.29) is 5.91 Å². The van der Waals surface area contributed by atoms with Crippen LogP contribution in [-0.2, 0) is 17.8 Å². The van der Waals surface area contributed by atoms with Crippen LogP contribution >= 0.6 is 0 Å². The molecule has 0 aromatic carbocycles. The molecule has 1 atom stereocenters. The number of carbonyl (C=O) groups excluding carboxylic acids is 1. The number of nitrogens with zero attached hydrogens (tertiary/aromatic N) is 5. The average Bonchev–Trinajstić information content (AvgIpc) is 3.28. The molecule has 3 N–H and O–H groups in total. The number of hydrogen-bond donors (Lipinski definition) is 3. The summed E-state index contributed by atoms with van der Waals surface area (Å²) >= 11 is 0. The van der Waals surface area contributed by atoms with Gasteiger partial charge in [0, 0.05) is 25.9 Å². The Hall–Kier alpha value is -2.88. The molecule has 0 radical (unpaired) electrons. The summed E-state index contributed by atoms with van der Waals surface area (Å²) < 4.78 is 1.57. The zero-order chi connectivity index (χ0) is 18.8. The van der Waals surface area contributed by atoms with Crippen LogP contribution in [0.4, 0.5) is 0 Å². The molecule has 0 spiro atoms. The topological polar surface area (TPSA) is 135 Å². The van der Waals surface area contributed by atoms with Gasteiger partial charge in [0.15, 0.2) is 0 Å². The molecule has 1 saturated heterocycles. The van der Waals surface area contributed by atoms with E-state index in [1.54, 1.807) is 10.9 Å². The second-order valence-electron chi connectivity index (χ2n) is 5.99. The Labute approximate surface area is 151 Å². The molecule has 1 aliphatic rings. The van der Waals surface area contributed by atoms with Crippen LogP contribution in [0.25, 0.3) is 0 Å². The van der Waals surface area contributed by atoms with Crippen molar-refractivity contribution >= 4 is 11.9 Å². The van der Waals surface area contributed by atoms with Crippen molar-refractivity contribution < 1.29 is 14.7 Å². The molecular formula is C16H23N7O3. The fourth-order valence-corrected chi connectivity index (χ4v) is 2.61. The molecule has 2 aromatic rings. The molecule has 1 aliphatic heterocycles. The summed E-state index contributed by atoms with van der Waals surface area (Å²) in [5.74, 6) is -0.313. The minimum absolute atomic E-state index is 0.119. The van der Waals surface area contributed by atoms with Gasteiger partial charge in [-0.2, -0.15) is 0 Å². The van der Waals surface area contributed by atoms with Gasteiger partial charge in [-0.1, -0.05) is 0 Å². The molecule has 10 nitrogen and oxygen atoms in total. The molecular weight excluding hydrogens is 338 g/mol. The van der Waals surface area contributed by atoms with Crippen LogP contribution < -0.4 is 10.6 Å². The lowest BCUT2D eigenvalue weighted by Gasteiger charge is -2.09. The maximum atomic E-state index is 12.1. The summed E-state index contributed by atoms with van der Waals surface area (Å²) in [7, 11) is 0. The van der Waals surface area contributed by atoms with Crippen molar-refractivity contribution in [1.29, 1.82) is 0 Å². The van der Waals surface area contributed by atoms with E-state index in [1.807, 2.05) is 12.3 Å². The number of amides is 1. The standard InChI is InChI=1S/C14H19N7O.C2H4O2/c22-14(17-3-4-21-10-18-19-20-21)13-6-12(8-16-9-13)5-11-1-2-15-7-11;1-2(3)4/h6,8-11,15H,1-5,7H2,(H,17,22);1H3,(H,3,4). The van der Waals surface area contributed by atoms with Gasteiger partial charge in [0.2, 0.25) is 0 Å². The largest absolute Gasteiger partial charge is 0.481 e. The van der Waals surface area contributed by atoms with E-state index in [0.29, 0.717) is 24.6 Å². The van der Waals surface area contributed by atoms with E-state index in [0.717, 1.165) is 32.0 Å². The summed E-state index contributed by atoms with van der Waals surface area (Å²) in [6, 6.07) is 1.93. The van der Waals surface area contributed by atoms with Gasteiger partial charge in [-0.15, -0.1) is 5.10 Å². The third-order valence-corrected chi connectivity index (χ3v) is 3.76. The molecule has 1 unspecified atom stereocenters. The van der Waals surface area contributed by atoms with Crippen molar-refractivity contribution in [3.63, 3.8) is 0 Å². The molecule has 3 rings (SSSR count). The summed E-state index contributed by atoms with van der Waals surface area (Å²) in [6.45, 7) is 4.22. The number of pyridine rings is 1. The van der Waals surface area contributed by atoms with E-state index in [2.05, 4.69) is 31.1 Å². The van der Waals surface area contributed by atoms with Crippen molar-refractivity contribution in [3.8, 4) is 0 Å². The van der Waals surface area contributed by atoms with E-state index in [1.165, 1.54) is 12.7 Å². The van der Waals surface area contributed by atoms with Gasteiger partial charge in [0.1, 0.15) is 6.33 Å². The molecule has 1 fully saturated rings. The van der Waals surface area contributed by atoms with Crippen LogP contribution in [0.15, 0.2) is 24.8 Å². The van der Waals surface area contributed by atoms with E-state index < -0.39 is 5.97 Å². The smallest absolute Gasteiger partial charge is 0.300 e. The van der Waals surface area contributed by atoms with E-state index >= 15 is 0 Å². The van der Waals surface area contributed by atoms with Crippen molar-refractivity contribution in [3.05, 3.63) is 35.9 Å². The normalized spacial score (nSPS) is 15.8. The first-order chi connectivity index (χ1) is 12.5. The Morgan fingerprint density at radius 2 is 2.23 bits per heavy atom. The quantitative estimate of drug-likeness (QED) is 0.640. The first kappa shape index (κ1) is 19.4. The van der Waals surface area contributed by atoms with Gasteiger partial charge in [0.05, 0.1) is 12.1 Å². The number of aliphatic carboxylic acids is 1. The van der Waals surface area contributed by atoms with Crippen LogP contribution in [0.1, 0.15) is 29.3 Å². The van der Waals surface area contributed by atoms with Crippen LogP contribution in [0.3, 0.4) is 0 Å². The van der Waals surface area contributed by atoms with Crippen LogP contribution in [0, 0.1) is 5.92 Å². The molecule has 26 heavy (non-hydrogen) atoms. The monoisotopic (exact) mass is 361 g/mol. The van der Waals surface area contributed by atoms with Gasteiger partial charge < -0.3 is 15.7 Å². The van der Waals surface area contributed by atoms with Crippen LogP contribution in [0.5, 0.6) is 0 Å². The van der Waals surface area contributed by atoms with Crippen LogP contribution in [0.2, 0.25) is 0 Å². The second-order valence-corrected chi connectivity index (χ2v) is 5.99. The number of hydrogen-bond acceptors (Lipinski definition) is 7. The number of tetrazole rings is 1. The molecule has 0 bridgehead atoms. The molecule has 1 amide bonds. The van der Waals surface area contributed by atoms with Crippen LogP contribution in [-0.4, -0.2) is 61.8 Å². The maximum absolute atomic E-state index is 12.1. The van der Waals surface area contributed by atoms with E-state index in [4.69, 9.17) is 9.90 Å². The number of nitrogens with one attached hydrogen (secondary N) is 2. The number of aromatic nitrogens is 5. The Morgan fingerprint density at radius 1 is 1.42 bits per heavy atom. The lowest BCUT2D eigenvalue weighted by Crippen LogP contribution is -2.27. The lowest BCUT2D eigenvalue weighted by molar-refractivity contribution is -0.134. The molecule has 0 aliphatic carbocycles. The number of rotatable bonds is 6. The third kappa shape index (κ3) is 6.93. The summed E-state index contributed by atoms with van der Waals surface area (Å²) in [5, 5.41) is 24.4. The van der Waals surface area contributed by atoms with Gasteiger partial charge >= 0.3 is 0 Å². The Kier molecular flexibility index (Phi) is 7.62. The van der Waals surface area contributed by atoms with Gasteiger partial charge in [-0.25, -0.2) is 4.68 Å². The number of carboxylic acid groups (broad SMARTS) is 1. The lowest BCUT2D eigenvalue weighted by atomic mass is 9.99. The minimum atomic E-state index is -0.833. The molecule has 0 saturated carbocycles. The van der Waals surface area contributed by atoms with E-state index in [9.17, 15) is 4.79 Å². The maximum Gasteiger partial charge on any atom is 0.300 e. The first-order valence-corrected chi connectivity index (χ1v) is 8.37. The Balaban J connectivity index is 0.000000552. The SMILES string of the molecule is CC(=O)O.O=C(NCCn1cnnn1)c1cncc(CC2CCNC2)c1. The minimum Gasteiger partial charge on any atom is -0.481 e. The average molecular weight is 361 g/mol. The fourth-order valence-electron chi connectivity index (χ4n) is 2.61. The highest BCUT2D eigenvalue weighted by Crippen LogP contribution is 2.15. The predicted octanol–water partition coefficient (Wildman–Crippen LogP) is -0.259. The highest BCUT2D eigenvalue weighted by molar-refractivity contribution is 5.93. The first-order valence-electron chi connectivity index (χ1n) is 8.37. The Bertz CT molecular complexity index is 696. The van der Waals surface area contributed by atoms with Crippen molar-refractivity contribution in [1.82, 2.24) is 35.8 Å². The summed E-state index contributed by atoms with van der Waals surface area (Å²) in [4.78, 5) is 25.3. The molecule has 2 aromatic heterocycles. The fraction of sp³-hybridized carbons (Fsp3) is 0.500. The second kappa shape index (κ2) is 10.2. The molecule has 10 heteroatoms. The van der Waals surface area contributed by atoms with Crippen molar-refractivity contribution in [2.75, 3.05) is 19.6 Å². The number of carbonyl (C=O) groups is 2. The summed E-state index contributed by atoms with van der Waals surface area (Å²) in [5.41, 5.74) is 1.71. The van der Waals surface area contributed by atoms with Crippen molar-refractivity contribution in [2.45, 2.75) is 26.3 Å². The van der Waals surface area contributed by atoms with Gasteiger partial charge in [-0.3, -0.25) is 14.6 Å². The highest BCUT2D eigenvalue weighted by Gasteiger charge is 2.16. The van der Waals surface area contributed by atoms with Gasteiger partial charge in [0.25, 0.3) is 11.9 Å². The number of carboxylic acids is 1. The molecule has 140 valence electrons. The van der Waals surface area contributed by atoms with Crippen molar-refractivity contribution in [2.24, 2.45) is 5.92 Å². The zero-order valence-corrected chi connectivity index (χ0v) is 14.6. The third-order valence-electron chi connectivity index (χ3n) is 3.76. The molecule has 3 heterocycles. The Morgan fingerprint density at radius 3 is 2.88 bits per heavy atom. The van der Waals surface area contributed by atoms with Gasteiger partial charge in [-0.05, 0) is 53.9 Å². The zero-order valence-electron chi connectivity index (χ0n) is 14.6. The predicted molar refractivity (Wildman–Crippen MR) is 92.4 cm³/mol. The highest BCUT2D eigenvalue weighted by atomic mass is 16.4.